The summed E-state index contributed by atoms with van der Waals surface area (Å²) in [6, 6.07) is 19.1. The molecule has 1 atom stereocenters. The summed E-state index contributed by atoms with van der Waals surface area (Å²) in [5.41, 5.74) is 1.37. The third kappa shape index (κ3) is 5.04. The lowest BCUT2D eigenvalue weighted by Gasteiger charge is -2.27. The molecule has 0 aromatic heterocycles. The number of fused-ring (bicyclic) bond motifs is 1. The summed E-state index contributed by atoms with van der Waals surface area (Å²) in [7, 11) is 0. The van der Waals surface area contributed by atoms with Crippen LogP contribution in [0, 0.1) is 0 Å². The van der Waals surface area contributed by atoms with Crippen molar-refractivity contribution in [2.45, 2.75) is 25.6 Å². The number of halogens is 3. The fourth-order valence-electron chi connectivity index (χ4n) is 5.13. The van der Waals surface area contributed by atoms with Gasteiger partial charge in [-0.15, -0.1) is 0 Å². The smallest absolute Gasteiger partial charge is 0.314 e. The van der Waals surface area contributed by atoms with E-state index in [0.29, 0.717) is 11.3 Å². The first-order valence-corrected chi connectivity index (χ1v) is 12.7. The summed E-state index contributed by atoms with van der Waals surface area (Å²) in [4.78, 5) is 33.0. The number of anilines is 3. The van der Waals surface area contributed by atoms with E-state index in [2.05, 4.69) is 10.2 Å². The van der Waals surface area contributed by atoms with Crippen molar-refractivity contribution < 1.29 is 22.8 Å². The van der Waals surface area contributed by atoms with Gasteiger partial charge in [0, 0.05) is 45.0 Å². The number of carbonyl (C=O) groups is 2. The zero-order valence-corrected chi connectivity index (χ0v) is 21.0. The number of nitrogens with one attached hydrogen (secondary N) is 1. The minimum atomic E-state index is -4.60. The number of rotatable bonds is 5. The van der Waals surface area contributed by atoms with Crippen molar-refractivity contribution in [2.24, 2.45) is 0 Å². The molecule has 0 radical (unpaired) electrons. The number of hydrogen-bond acceptors (Lipinski definition) is 4. The summed E-state index contributed by atoms with van der Waals surface area (Å²) in [5, 5.41) is 3.33. The summed E-state index contributed by atoms with van der Waals surface area (Å²) < 4.78 is 41.1. The van der Waals surface area contributed by atoms with Gasteiger partial charge in [0.25, 0.3) is 0 Å². The number of carbonyl (C=O) groups excluding carboxylic acids is 2. The van der Waals surface area contributed by atoms with Gasteiger partial charge in [-0.1, -0.05) is 42.5 Å². The van der Waals surface area contributed by atoms with E-state index >= 15 is 0 Å². The van der Waals surface area contributed by atoms with Crippen molar-refractivity contribution in [3.63, 3.8) is 0 Å². The van der Waals surface area contributed by atoms with E-state index in [9.17, 15) is 22.8 Å². The zero-order chi connectivity index (χ0) is 26.9. The van der Waals surface area contributed by atoms with E-state index in [1.54, 1.807) is 49.4 Å². The molecule has 2 aliphatic heterocycles. The van der Waals surface area contributed by atoms with Gasteiger partial charge >= 0.3 is 6.18 Å². The van der Waals surface area contributed by atoms with Crippen LogP contribution in [-0.2, 0) is 22.3 Å². The second-order valence-electron chi connectivity index (χ2n) is 9.49. The van der Waals surface area contributed by atoms with E-state index in [0.717, 1.165) is 50.4 Å². The molecule has 9 heteroatoms. The van der Waals surface area contributed by atoms with Gasteiger partial charge in [-0.3, -0.25) is 19.4 Å². The highest BCUT2D eigenvalue weighted by Crippen LogP contribution is 2.44. The molecule has 1 unspecified atom stereocenters. The van der Waals surface area contributed by atoms with Gasteiger partial charge in [0.2, 0.25) is 11.8 Å². The first kappa shape index (κ1) is 25.9. The number of benzene rings is 3. The van der Waals surface area contributed by atoms with Crippen molar-refractivity contribution in [3.8, 4) is 0 Å². The monoisotopic (exact) mass is 522 g/mol. The molecule has 1 fully saturated rings. The normalized spacial score (nSPS) is 18.9. The maximum atomic E-state index is 14.1. The van der Waals surface area contributed by atoms with Crippen LogP contribution in [0.2, 0.25) is 0 Å². The highest BCUT2D eigenvalue weighted by Gasteiger charge is 2.42. The summed E-state index contributed by atoms with van der Waals surface area (Å²) in [6.07, 6.45) is -4.60. The molecule has 198 valence electrons. The highest BCUT2D eigenvalue weighted by atomic mass is 19.4. The molecule has 38 heavy (non-hydrogen) atoms. The van der Waals surface area contributed by atoms with Crippen LogP contribution in [0.1, 0.15) is 29.5 Å². The van der Waals surface area contributed by atoms with Crippen LogP contribution in [0.25, 0.3) is 0 Å². The number of likely N-dealkylation sites (N-methyl/N-ethyl adjacent to an activating group) is 1. The van der Waals surface area contributed by atoms with E-state index in [1.165, 1.54) is 15.9 Å². The first-order valence-electron chi connectivity index (χ1n) is 12.7. The average Bonchev–Trinajstić information content (AvgIpc) is 3.00. The second-order valence-corrected chi connectivity index (χ2v) is 9.49. The Balaban J connectivity index is 1.58. The maximum absolute atomic E-state index is 14.1. The Kier molecular flexibility index (Phi) is 7.23. The Morgan fingerprint density at radius 2 is 1.55 bits per heavy atom. The third-order valence-electron chi connectivity index (χ3n) is 7.07. The molecule has 0 aliphatic carbocycles. The van der Waals surface area contributed by atoms with E-state index < -0.39 is 29.5 Å². The molecule has 0 saturated carbocycles. The van der Waals surface area contributed by atoms with Crippen LogP contribution < -0.4 is 15.1 Å². The van der Waals surface area contributed by atoms with Crippen LogP contribution in [0.15, 0.2) is 72.8 Å². The van der Waals surface area contributed by atoms with Gasteiger partial charge < -0.3 is 10.2 Å². The molecule has 2 aliphatic rings. The van der Waals surface area contributed by atoms with E-state index in [-0.39, 0.29) is 17.9 Å². The molecule has 1 N–H and O–H groups in total. The van der Waals surface area contributed by atoms with E-state index in [1.807, 2.05) is 12.1 Å². The van der Waals surface area contributed by atoms with Gasteiger partial charge in [0.1, 0.15) is 5.92 Å². The van der Waals surface area contributed by atoms with Gasteiger partial charge in [-0.25, -0.2) is 0 Å². The van der Waals surface area contributed by atoms with Crippen LogP contribution >= 0.6 is 0 Å². The first-order chi connectivity index (χ1) is 18.3. The molecule has 2 heterocycles. The fourth-order valence-corrected chi connectivity index (χ4v) is 5.13. The van der Waals surface area contributed by atoms with Crippen LogP contribution in [-0.4, -0.2) is 49.4 Å². The number of para-hydroxylation sites is 1. The van der Waals surface area contributed by atoms with Gasteiger partial charge in [0.15, 0.2) is 0 Å². The summed E-state index contributed by atoms with van der Waals surface area (Å²) in [6.45, 7) is 6.45. The molecule has 3 aromatic carbocycles. The second kappa shape index (κ2) is 10.6. The lowest BCUT2D eigenvalue weighted by Crippen LogP contribution is -2.42. The van der Waals surface area contributed by atoms with Crippen molar-refractivity contribution in [1.29, 1.82) is 0 Å². The Morgan fingerprint density at radius 3 is 2.18 bits per heavy atom. The minimum absolute atomic E-state index is 0.0315. The maximum Gasteiger partial charge on any atom is 0.416 e. The lowest BCUT2D eigenvalue weighted by atomic mass is 9.95. The van der Waals surface area contributed by atoms with Crippen molar-refractivity contribution in [2.75, 3.05) is 42.5 Å². The van der Waals surface area contributed by atoms with Crippen LogP contribution in [0.5, 0.6) is 0 Å². The topological polar surface area (TPSA) is 55.9 Å². The Hall–Kier alpha value is -3.69. The molecule has 3 aromatic rings. The third-order valence-corrected chi connectivity index (χ3v) is 7.07. The fraction of sp³-hybridized carbons (Fsp3) is 0.310. The Morgan fingerprint density at radius 1 is 0.868 bits per heavy atom. The average molecular weight is 523 g/mol. The standard InChI is InChI=1S/C29H29F3N4O2/c1-2-35-24-13-12-22(29(30,31)32)18-25(24)36(23-6-4-3-5-7-23)28(38)26(27(35)37)21-10-8-20(9-11-21)19-34-16-14-33-15-17-34/h3-13,18,26,33H,2,14-17,19H2,1H3. The quantitative estimate of drug-likeness (QED) is 0.483. The number of hydrogen-bond donors (Lipinski definition) is 1. The van der Waals surface area contributed by atoms with E-state index in [4.69, 9.17) is 0 Å². The molecule has 0 spiro atoms. The molecular formula is C29H29F3N4O2. The molecule has 1 saturated heterocycles. The zero-order valence-electron chi connectivity index (χ0n) is 21.0. The number of piperazine rings is 1. The summed E-state index contributed by atoms with van der Waals surface area (Å²) >= 11 is 0. The van der Waals surface area contributed by atoms with Crippen molar-refractivity contribution in [3.05, 3.63) is 89.5 Å². The van der Waals surface area contributed by atoms with Gasteiger partial charge in [0.05, 0.1) is 16.9 Å². The van der Waals surface area contributed by atoms with Crippen molar-refractivity contribution >= 4 is 28.9 Å². The van der Waals surface area contributed by atoms with Crippen LogP contribution in [0.3, 0.4) is 0 Å². The lowest BCUT2D eigenvalue weighted by molar-refractivity contribution is -0.137. The largest absolute Gasteiger partial charge is 0.416 e. The van der Waals surface area contributed by atoms with Crippen LogP contribution in [0.4, 0.5) is 30.2 Å². The minimum Gasteiger partial charge on any atom is -0.314 e. The molecule has 2 amide bonds. The molecule has 5 rings (SSSR count). The molecule has 0 bridgehead atoms. The number of amides is 2. The number of alkyl halides is 3. The predicted octanol–water partition coefficient (Wildman–Crippen LogP) is 4.93. The summed E-state index contributed by atoms with van der Waals surface area (Å²) in [5.74, 6) is -2.26. The predicted molar refractivity (Wildman–Crippen MR) is 140 cm³/mol. The highest BCUT2D eigenvalue weighted by molar-refractivity contribution is 6.23. The molecular weight excluding hydrogens is 493 g/mol. The van der Waals surface area contributed by atoms with Gasteiger partial charge in [-0.05, 0) is 48.4 Å². The Bertz CT molecular complexity index is 1310. The van der Waals surface area contributed by atoms with Gasteiger partial charge in [-0.2, -0.15) is 13.2 Å². The number of nitrogens with zero attached hydrogens (tertiary/aromatic N) is 3. The molecule has 6 nitrogen and oxygen atoms in total. The Labute approximate surface area is 219 Å². The SMILES string of the molecule is CCN1C(=O)C(c2ccc(CN3CCNCC3)cc2)C(=O)N(c2ccccc2)c2cc(C(F)(F)F)ccc21. The van der Waals surface area contributed by atoms with Crippen molar-refractivity contribution in [1.82, 2.24) is 10.2 Å².